The molecular weight excluding hydrogens is 274 g/mol. The summed E-state index contributed by atoms with van der Waals surface area (Å²) in [5, 5.41) is 24.9. The maximum atomic E-state index is 10.9. The number of aryl methyl sites for hydroxylation is 1. The molecule has 0 unspecified atom stereocenters. The number of rotatable bonds is 6. The quantitative estimate of drug-likeness (QED) is 0.754. The minimum absolute atomic E-state index is 0.278. The highest BCUT2D eigenvalue weighted by molar-refractivity contribution is 7.10. The van der Waals surface area contributed by atoms with Gasteiger partial charge in [0.1, 0.15) is 0 Å². The number of hydrogen-bond donors (Lipinski definition) is 3. The Morgan fingerprint density at radius 3 is 2.80 bits per heavy atom. The van der Waals surface area contributed by atoms with Crippen LogP contribution in [0.15, 0.2) is 11.4 Å². The van der Waals surface area contributed by atoms with Crippen molar-refractivity contribution in [2.75, 3.05) is 6.54 Å². The Labute approximate surface area is 123 Å². The fraction of sp³-hybridized carbons (Fsp3) is 0.667. The Bertz CT molecular complexity index is 450. The predicted octanol–water partition coefficient (Wildman–Crippen LogP) is 2.41. The lowest BCUT2D eigenvalue weighted by Crippen LogP contribution is -2.44. The molecule has 1 aliphatic carbocycles. The molecule has 5 heteroatoms. The molecule has 1 aliphatic rings. The number of aliphatic hydroxyl groups is 1. The van der Waals surface area contributed by atoms with E-state index in [-0.39, 0.29) is 5.92 Å². The molecule has 3 N–H and O–H groups in total. The molecule has 1 saturated carbocycles. The van der Waals surface area contributed by atoms with Crippen LogP contribution in [0.2, 0.25) is 0 Å². The number of hydrogen-bond acceptors (Lipinski definition) is 4. The van der Waals surface area contributed by atoms with Crippen LogP contribution in [-0.2, 0) is 17.8 Å². The molecule has 0 saturated heterocycles. The van der Waals surface area contributed by atoms with E-state index >= 15 is 0 Å². The predicted molar refractivity (Wildman–Crippen MR) is 79.9 cm³/mol. The summed E-state index contributed by atoms with van der Waals surface area (Å²) in [4.78, 5) is 12.2. The molecule has 0 amide bonds. The third-order valence-electron chi connectivity index (χ3n) is 4.22. The first-order valence-corrected chi connectivity index (χ1v) is 8.13. The first-order valence-electron chi connectivity index (χ1n) is 7.25. The van der Waals surface area contributed by atoms with Gasteiger partial charge < -0.3 is 15.5 Å². The molecule has 0 aliphatic heterocycles. The second-order valence-electron chi connectivity index (χ2n) is 5.66. The highest BCUT2D eigenvalue weighted by atomic mass is 32.1. The summed E-state index contributed by atoms with van der Waals surface area (Å²) in [6.45, 7) is 3.47. The van der Waals surface area contributed by atoms with Crippen LogP contribution in [0.4, 0.5) is 0 Å². The molecule has 1 heterocycles. The molecule has 0 aromatic carbocycles. The van der Waals surface area contributed by atoms with Crippen LogP contribution in [0.1, 0.15) is 43.0 Å². The third-order valence-corrected chi connectivity index (χ3v) is 5.19. The maximum Gasteiger partial charge on any atom is 0.306 e. The Morgan fingerprint density at radius 1 is 1.50 bits per heavy atom. The molecule has 0 spiro atoms. The first kappa shape index (κ1) is 15.5. The van der Waals surface area contributed by atoms with Gasteiger partial charge in [0.05, 0.1) is 11.5 Å². The van der Waals surface area contributed by atoms with Crippen molar-refractivity contribution in [2.24, 2.45) is 5.92 Å². The van der Waals surface area contributed by atoms with Gasteiger partial charge in [-0.25, -0.2) is 0 Å². The fourth-order valence-electron chi connectivity index (χ4n) is 2.82. The molecule has 0 atom stereocenters. The minimum atomic E-state index is -0.740. The van der Waals surface area contributed by atoms with E-state index in [2.05, 4.69) is 23.7 Å². The second-order valence-corrected chi connectivity index (χ2v) is 6.66. The zero-order chi connectivity index (χ0) is 14.6. The average Bonchev–Trinajstić information content (AvgIpc) is 2.86. The van der Waals surface area contributed by atoms with Crippen LogP contribution in [0, 0.1) is 5.92 Å². The first-order chi connectivity index (χ1) is 9.54. The molecule has 0 bridgehead atoms. The van der Waals surface area contributed by atoms with Crippen molar-refractivity contribution in [3.63, 3.8) is 0 Å². The lowest BCUT2D eigenvalue weighted by atomic mass is 9.79. The van der Waals surface area contributed by atoms with Crippen LogP contribution in [0.5, 0.6) is 0 Å². The standard InChI is InChI=1S/C15H23NO3S/c1-2-11-5-8-20-13(11)9-16-10-15(19)6-3-12(4-7-15)14(17)18/h5,8,12,16,19H,2-4,6-7,9-10H2,1H3,(H,17,18). The lowest BCUT2D eigenvalue weighted by molar-refractivity contribution is -0.144. The zero-order valence-corrected chi connectivity index (χ0v) is 12.7. The zero-order valence-electron chi connectivity index (χ0n) is 11.9. The highest BCUT2D eigenvalue weighted by Crippen LogP contribution is 2.32. The van der Waals surface area contributed by atoms with Crippen LogP contribution in [-0.4, -0.2) is 28.3 Å². The molecular formula is C15H23NO3S. The van der Waals surface area contributed by atoms with Crippen molar-refractivity contribution in [2.45, 2.75) is 51.2 Å². The van der Waals surface area contributed by atoms with E-state index in [1.165, 1.54) is 10.4 Å². The molecule has 1 aromatic rings. The molecule has 0 radical (unpaired) electrons. The Hall–Kier alpha value is -0.910. The van der Waals surface area contributed by atoms with Gasteiger partial charge in [0.2, 0.25) is 0 Å². The van der Waals surface area contributed by atoms with Gasteiger partial charge in [0.25, 0.3) is 0 Å². The van der Waals surface area contributed by atoms with Gasteiger partial charge in [-0.15, -0.1) is 11.3 Å². The van der Waals surface area contributed by atoms with E-state index < -0.39 is 11.6 Å². The van der Waals surface area contributed by atoms with Gasteiger partial charge in [0, 0.05) is 18.0 Å². The molecule has 112 valence electrons. The Morgan fingerprint density at radius 2 is 2.20 bits per heavy atom. The smallest absolute Gasteiger partial charge is 0.306 e. The van der Waals surface area contributed by atoms with E-state index in [1.807, 2.05) is 0 Å². The van der Waals surface area contributed by atoms with E-state index in [1.54, 1.807) is 11.3 Å². The van der Waals surface area contributed by atoms with Gasteiger partial charge in [-0.1, -0.05) is 6.92 Å². The van der Waals surface area contributed by atoms with Crippen molar-refractivity contribution in [1.82, 2.24) is 5.32 Å². The van der Waals surface area contributed by atoms with Gasteiger partial charge in [-0.2, -0.15) is 0 Å². The summed E-state index contributed by atoms with van der Waals surface area (Å²) < 4.78 is 0. The van der Waals surface area contributed by atoms with Crippen molar-refractivity contribution in [1.29, 1.82) is 0 Å². The van der Waals surface area contributed by atoms with E-state index in [0.29, 0.717) is 32.2 Å². The Balaban J connectivity index is 1.78. The van der Waals surface area contributed by atoms with Gasteiger partial charge in [-0.3, -0.25) is 4.79 Å². The normalized spacial score (nSPS) is 26.6. The maximum absolute atomic E-state index is 10.9. The average molecular weight is 297 g/mol. The van der Waals surface area contributed by atoms with Gasteiger partial charge in [0.15, 0.2) is 0 Å². The van der Waals surface area contributed by atoms with E-state index in [0.717, 1.165) is 13.0 Å². The number of nitrogens with one attached hydrogen (secondary N) is 1. The van der Waals surface area contributed by atoms with Gasteiger partial charge in [-0.05, 0) is 49.1 Å². The molecule has 1 fully saturated rings. The molecule has 20 heavy (non-hydrogen) atoms. The number of carboxylic acids is 1. The third kappa shape index (κ3) is 3.81. The second kappa shape index (κ2) is 6.70. The summed E-state index contributed by atoms with van der Waals surface area (Å²) in [6, 6.07) is 2.15. The molecule has 4 nitrogen and oxygen atoms in total. The summed E-state index contributed by atoms with van der Waals surface area (Å²) in [6.07, 6.45) is 3.33. The van der Waals surface area contributed by atoms with Crippen molar-refractivity contribution >= 4 is 17.3 Å². The van der Waals surface area contributed by atoms with Gasteiger partial charge >= 0.3 is 5.97 Å². The van der Waals surface area contributed by atoms with E-state index in [9.17, 15) is 9.90 Å². The van der Waals surface area contributed by atoms with E-state index in [4.69, 9.17) is 5.11 Å². The Kier molecular flexibility index (Phi) is 5.18. The van der Waals surface area contributed by atoms with Crippen molar-refractivity contribution in [3.05, 3.63) is 21.9 Å². The summed E-state index contributed by atoms with van der Waals surface area (Å²) >= 11 is 1.74. The largest absolute Gasteiger partial charge is 0.481 e. The number of aliphatic carboxylic acids is 1. The van der Waals surface area contributed by atoms with Crippen LogP contribution in [0.25, 0.3) is 0 Å². The summed E-state index contributed by atoms with van der Waals surface area (Å²) in [7, 11) is 0. The lowest BCUT2D eigenvalue weighted by Gasteiger charge is -2.34. The SMILES string of the molecule is CCc1ccsc1CNCC1(O)CCC(C(=O)O)CC1. The molecule has 2 rings (SSSR count). The molecule has 1 aromatic heterocycles. The minimum Gasteiger partial charge on any atom is -0.481 e. The van der Waals surface area contributed by atoms with Crippen LogP contribution in [0.3, 0.4) is 0 Å². The number of carbonyl (C=O) groups is 1. The topological polar surface area (TPSA) is 69.6 Å². The highest BCUT2D eigenvalue weighted by Gasteiger charge is 2.35. The summed E-state index contributed by atoms with van der Waals surface area (Å²) in [5.74, 6) is -1.01. The fourth-order valence-corrected chi connectivity index (χ4v) is 3.77. The number of thiophene rings is 1. The van der Waals surface area contributed by atoms with Crippen LogP contribution < -0.4 is 5.32 Å². The summed E-state index contributed by atoms with van der Waals surface area (Å²) in [5.41, 5.74) is 0.624. The van der Waals surface area contributed by atoms with Crippen molar-refractivity contribution in [3.8, 4) is 0 Å². The van der Waals surface area contributed by atoms with Crippen LogP contribution >= 0.6 is 11.3 Å². The monoisotopic (exact) mass is 297 g/mol. The number of carboxylic acid groups (broad SMARTS) is 1. The van der Waals surface area contributed by atoms with Crippen molar-refractivity contribution < 1.29 is 15.0 Å².